The van der Waals surface area contributed by atoms with Crippen molar-refractivity contribution < 1.29 is 4.79 Å². The largest absolute Gasteiger partial charge is 0.353 e. The Labute approximate surface area is 109 Å². The molecule has 1 rings (SSSR count). The van der Waals surface area contributed by atoms with Crippen LogP contribution in [-0.2, 0) is 4.79 Å². The summed E-state index contributed by atoms with van der Waals surface area (Å²) in [6, 6.07) is 9.44. The van der Waals surface area contributed by atoms with Gasteiger partial charge in [-0.15, -0.1) is 0 Å². The van der Waals surface area contributed by atoms with Crippen molar-refractivity contribution in [2.24, 2.45) is 5.73 Å². The number of carbonyl (C=O) groups excluding carboxylic acids is 1. The standard InChI is InChI=1S/C14H23N3O/c1-14(2,15)10-16-13(18)12(17(3)4)11-8-6-5-7-9-11/h5-9,12H,10,15H2,1-4H3,(H,16,18). The summed E-state index contributed by atoms with van der Waals surface area (Å²) in [5, 5.41) is 2.90. The molecule has 100 valence electrons. The number of likely N-dealkylation sites (N-methyl/N-ethyl adjacent to an activating group) is 1. The first-order valence-corrected chi connectivity index (χ1v) is 6.09. The summed E-state index contributed by atoms with van der Waals surface area (Å²) >= 11 is 0. The van der Waals surface area contributed by atoms with Crippen molar-refractivity contribution in [3.8, 4) is 0 Å². The molecule has 0 radical (unpaired) electrons. The highest BCUT2D eigenvalue weighted by molar-refractivity contribution is 5.83. The summed E-state index contributed by atoms with van der Waals surface area (Å²) in [6.45, 7) is 4.24. The van der Waals surface area contributed by atoms with Crippen molar-refractivity contribution in [2.75, 3.05) is 20.6 Å². The van der Waals surface area contributed by atoms with E-state index < -0.39 is 5.54 Å². The number of hydrogen-bond acceptors (Lipinski definition) is 3. The van der Waals surface area contributed by atoms with Gasteiger partial charge in [0.15, 0.2) is 0 Å². The normalized spacial score (nSPS) is 13.4. The Balaban J connectivity index is 2.78. The summed E-state index contributed by atoms with van der Waals surface area (Å²) in [5.74, 6) is -0.0234. The van der Waals surface area contributed by atoms with E-state index in [1.807, 2.05) is 63.2 Å². The molecule has 0 aliphatic heterocycles. The molecule has 0 saturated heterocycles. The van der Waals surface area contributed by atoms with Crippen molar-refractivity contribution >= 4 is 5.91 Å². The molecule has 1 aromatic carbocycles. The lowest BCUT2D eigenvalue weighted by Gasteiger charge is -2.26. The van der Waals surface area contributed by atoms with Gasteiger partial charge < -0.3 is 11.1 Å². The third-order valence-electron chi connectivity index (χ3n) is 2.60. The Morgan fingerprint density at radius 1 is 1.33 bits per heavy atom. The molecule has 0 aromatic heterocycles. The van der Waals surface area contributed by atoms with Gasteiger partial charge in [0.05, 0.1) is 0 Å². The molecule has 0 bridgehead atoms. The molecule has 0 heterocycles. The molecule has 0 spiro atoms. The van der Waals surface area contributed by atoms with Gasteiger partial charge in [0.1, 0.15) is 6.04 Å². The van der Waals surface area contributed by atoms with Gasteiger partial charge in [0.25, 0.3) is 0 Å². The first-order chi connectivity index (χ1) is 8.31. The van der Waals surface area contributed by atoms with Gasteiger partial charge in [0.2, 0.25) is 5.91 Å². The molecule has 0 saturated carbocycles. The molecule has 0 aliphatic carbocycles. The second-order valence-corrected chi connectivity index (χ2v) is 5.48. The number of rotatable bonds is 5. The van der Waals surface area contributed by atoms with E-state index in [2.05, 4.69) is 5.32 Å². The predicted octanol–water partition coefficient (Wildman–Crippen LogP) is 1.14. The summed E-state index contributed by atoms with van der Waals surface area (Å²) in [7, 11) is 3.79. The van der Waals surface area contributed by atoms with Crippen molar-refractivity contribution in [1.29, 1.82) is 0 Å². The van der Waals surface area contributed by atoms with Gasteiger partial charge in [0, 0.05) is 12.1 Å². The lowest BCUT2D eigenvalue weighted by atomic mass is 10.0. The van der Waals surface area contributed by atoms with E-state index in [1.54, 1.807) is 0 Å². The average molecular weight is 249 g/mol. The van der Waals surface area contributed by atoms with E-state index in [0.29, 0.717) is 6.54 Å². The maximum absolute atomic E-state index is 12.2. The van der Waals surface area contributed by atoms with E-state index in [4.69, 9.17) is 5.73 Å². The number of nitrogens with two attached hydrogens (primary N) is 1. The van der Waals surface area contributed by atoms with Crippen LogP contribution in [0.5, 0.6) is 0 Å². The minimum Gasteiger partial charge on any atom is -0.353 e. The van der Waals surface area contributed by atoms with Gasteiger partial charge in [-0.05, 0) is 33.5 Å². The number of benzene rings is 1. The van der Waals surface area contributed by atoms with Crippen LogP contribution in [0, 0.1) is 0 Å². The summed E-state index contributed by atoms with van der Waals surface area (Å²) in [4.78, 5) is 14.1. The van der Waals surface area contributed by atoms with Crippen LogP contribution in [-0.4, -0.2) is 37.0 Å². The third-order valence-corrected chi connectivity index (χ3v) is 2.60. The van der Waals surface area contributed by atoms with Crippen LogP contribution < -0.4 is 11.1 Å². The van der Waals surface area contributed by atoms with Crippen LogP contribution in [0.1, 0.15) is 25.5 Å². The maximum atomic E-state index is 12.2. The Morgan fingerprint density at radius 3 is 2.33 bits per heavy atom. The molecule has 4 heteroatoms. The SMILES string of the molecule is CN(C)C(C(=O)NCC(C)(C)N)c1ccccc1. The number of nitrogens with one attached hydrogen (secondary N) is 1. The molecule has 1 aromatic rings. The molecular formula is C14H23N3O. The Kier molecular flexibility index (Phi) is 4.87. The van der Waals surface area contributed by atoms with Crippen LogP contribution in [0.2, 0.25) is 0 Å². The Morgan fingerprint density at radius 2 is 1.89 bits per heavy atom. The van der Waals surface area contributed by atoms with Gasteiger partial charge >= 0.3 is 0 Å². The van der Waals surface area contributed by atoms with Crippen LogP contribution >= 0.6 is 0 Å². The van der Waals surface area contributed by atoms with E-state index in [1.165, 1.54) is 0 Å². The second kappa shape index (κ2) is 5.98. The zero-order valence-electron chi connectivity index (χ0n) is 11.6. The lowest BCUT2D eigenvalue weighted by Crippen LogP contribution is -2.47. The highest BCUT2D eigenvalue weighted by Crippen LogP contribution is 2.17. The van der Waals surface area contributed by atoms with Gasteiger partial charge in [-0.3, -0.25) is 9.69 Å². The summed E-state index contributed by atoms with van der Waals surface area (Å²) in [6.07, 6.45) is 0. The zero-order chi connectivity index (χ0) is 13.8. The second-order valence-electron chi connectivity index (χ2n) is 5.48. The number of amides is 1. The number of carbonyl (C=O) groups is 1. The predicted molar refractivity (Wildman–Crippen MR) is 74.1 cm³/mol. The lowest BCUT2D eigenvalue weighted by molar-refractivity contribution is -0.126. The molecule has 0 fully saturated rings. The van der Waals surface area contributed by atoms with Crippen molar-refractivity contribution in [3.05, 3.63) is 35.9 Å². The van der Waals surface area contributed by atoms with Crippen LogP contribution in [0.25, 0.3) is 0 Å². The fourth-order valence-electron chi connectivity index (χ4n) is 1.73. The van der Waals surface area contributed by atoms with Crippen molar-refractivity contribution in [3.63, 3.8) is 0 Å². The van der Waals surface area contributed by atoms with Crippen molar-refractivity contribution in [1.82, 2.24) is 10.2 Å². The van der Waals surface area contributed by atoms with Gasteiger partial charge in [-0.1, -0.05) is 30.3 Å². The van der Waals surface area contributed by atoms with Gasteiger partial charge in [-0.25, -0.2) is 0 Å². The molecule has 1 unspecified atom stereocenters. The van der Waals surface area contributed by atoms with Crippen molar-refractivity contribution in [2.45, 2.75) is 25.4 Å². The van der Waals surface area contributed by atoms with E-state index in [0.717, 1.165) is 5.56 Å². The first-order valence-electron chi connectivity index (χ1n) is 6.09. The van der Waals surface area contributed by atoms with Gasteiger partial charge in [-0.2, -0.15) is 0 Å². The molecule has 0 aliphatic rings. The monoisotopic (exact) mass is 249 g/mol. The molecule has 3 N–H and O–H groups in total. The topological polar surface area (TPSA) is 58.4 Å². The fraction of sp³-hybridized carbons (Fsp3) is 0.500. The Hall–Kier alpha value is -1.39. The van der Waals surface area contributed by atoms with Crippen LogP contribution in [0.15, 0.2) is 30.3 Å². The van der Waals surface area contributed by atoms with E-state index in [-0.39, 0.29) is 11.9 Å². The minimum atomic E-state index is -0.400. The minimum absolute atomic E-state index is 0.0234. The average Bonchev–Trinajstić information content (AvgIpc) is 2.26. The van der Waals surface area contributed by atoms with E-state index in [9.17, 15) is 4.79 Å². The van der Waals surface area contributed by atoms with Crippen LogP contribution in [0.4, 0.5) is 0 Å². The van der Waals surface area contributed by atoms with Crippen LogP contribution in [0.3, 0.4) is 0 Å². The molecular weight excluding hydrogens is 226 g/mol. The first kappa shape index (κ1) is 14.7. The highest BCUT2D eigenvalue weighted by atomic mass is 16.2. The molecule has 18 heavy (non-hydrogen) atoms. The number of nitrogens with zero attached hydrogens (tertiary/aromatic N) is 1. The molecule has 1 atom stereocenters. The summed E-state index contributed by atoms with van der Waals surface area (Å²) < 4.78 is 0. The number of hydrogen-bond donors (Lipinski definition) is 2. The maximum Gasteiger partial charge on any atom is 0.242 e. The highest BCUT2D eigenvalue weighted by Gasteiger charge is 2.23. The third kappa shape index (κ3) is 4.47. The quantitative estimate of drug-likeness (QED) is 0.823. The Bertz CT molecular complexity index is 382. The van der Waals surface area contributed by atoms with E-state index >= 15 is 0 Å². The molecule has 4 nitrogen and oxygen atoms in total. The zero-order valence-corrected chi connectivity index (χ0v) is 11.6. The fourth-order valence-corrected chi connectivity index (χ4v) is 1.73. The summed E-state index contributed by atoms with van der Waals surface area (Å²) in [5.41, 5.74) is 6.45. The molecule has 1 amide bonds. The smallest absolute Gasteiger partial charge is 0.242 e.